The summed E-state index contributed by atoms with van der Waals surface area (Å²) < 4.78 is 6.28. The minimum Gasteiger partial charge on any atom is -0.341 e. The Labute approximate surface area is 121 Å². The van der Waals surface area contributed by atoms with Gasteiger partial charge >= 0.3 is 0 Å². The first kappa shape index (κ1) is 13.8. The van der Waals surface area contributed by atoms with Gasteiger partial charge in [-0.1, -0.05) is 12.1 Å². The zero-order valence-electron chi connectivity index (χ0n) is 12.2. The molecular formula is C14H18N4O3. The minimum atomic E-state index is -0.280. The van der Waals surface area contributed by atoms with Gasteiger partial charge in [-0.3, -0.25) is 14.2 Å². The SMILES string of the molecule is Cc1noc2ncn(CC(=O)N3CCCC(C)C3)c(=O)c12. The van der Waals surface area contributed by atoms with Crippen LogP contribution in [0.15, 0.2) is 15.6 Å². The number of hydrogen-bond acceptors (Lipinski definition) is 5. The van der Waals surface area contributed by atoms with Gasteiger partial charge in [0.15, 0.2) is 0 Å². The standard InChI is InChI=1S/C14H18N4O3/c1-9-4-3-5-17(6-9)11(19)7-18-8-15-13-12(14(18)20)10(2)16-21-13/h8-9H,3-7H2,1-2H3. The summed E-state index contributed by atoms with van der Waals surface area (Å²) >= 11 is 0. The van der Waals surface area contributed by atoms with E-state index in [1.165, 1.54) is 10.9 Å². The Bertz CT molecular complexity index is 733. The second-order valence-electron chi connectivity index (χ2n) is 5.71. The smallest absolute Gasteiger partial charge is 0.267 e. The lowest BCUT2D eigenvalue weighted by molar-refractivity contribution is -0.133. The van der Waals surface area contributed by atoms with E-state index >= 15 is 0 Å². The van der Waals surface area contributed by atoms with Crippen LogP contribution in [0.3, 0.4) is 0 Å². The highest BCUT2D eigenvalue weighted by molar-refractivity contribution is 5.77. The lowest BCUT2D eigenvalue weighted by Gasteiger charge is -2.31. The van der Waals surface area contributed by atoms with Gasteiger partial charge in [-0.05, 0) is 25.7 Å². The molecule has 1 unspecified atom stereocenters. The molecule has 0 radical (unpaired) electrons. The number of hydrogen-bond donors (Lipinski definition) is 0. The molecular weight excluding hydrogens is 272 g/mol. The number of fused-ring (bicyclic) bond motifs is 1. The van der Waals surface area contributed by atoms with Crippen LogP contribution in [0, 0.1) is 12.8 Å². The maximum atomic E-state index is 12.3. The Balaban J connectivity index is 1.84. The van der Waals surface area contributed by atoms with E-state index < -0.39 is 0 Å². The van der Waals surface area contributed by atoms with Crippen LogP contribution in [0.1, 0.15) is 25.5 Å². The number of amides is 1. The third-order valence-electron chi connectivity index (χ3n) is 3.95. The van der Waals surface area contributed by atoms with Gasteiger partial charge in [-0.15, -0.1) is 0 Å². The molecule has 0 spiro atoms. The number of likely N-dealkylation sites (tertiary alicyclic amines) is 1. The van der Waals surface area contributed by atoms with E-state index in [1.54, 1.807) is 6.92 Å². The first-order valence-electron chi connectivity index (χ1n) is 7.15. The minimum absolute atomic E-state index is 0.0130. The van der Waals surface area contributed by atoms with E-state index in [2.05, 4.69) is 17.1 Å². The van der Waals surface area contributed by atoms with Crippen LogP contribution >= 0.6 is 0 Å². The molecule has 7 heteroatoms. The number of carbonyl (C=O) groups excluding carboxylic acids is 1. The van der Waals surface area contributed by atoms with E-state index in [0.717, 1.165) is 25.9 Å². The zero-order valence-corrected chi connectivity index (χ0v) is 12.2. The van der Waals surface area contributed by atoms with Crippen molar-refractivity contribution >= 4 is 17.0 Å². The highest BCUT2D eigenvalue weighted by atomic mass is 16.5. The summed E-state index contributed by atoms with van der Waals surface area (Å²) in [6.07, 6.45) is 3.52. The summed E-state index contributed by atoms with van der Waals surface area (Å²) in [5, 5.41) is 4.08. The molecule has 1 fully saturated rings. The molecule has 1 saturated heterocycles. The molecule has 112 valence electrons. The van der Waals surface area contributed by atoms with Crippen molar-refractivity contribution in [2.75, 3.05) is 13.1 Å². The zero-order chi connectivity index (χ0) is 15.0. The topological polar surface area (TPSA) is 81.2 Å². The first-order valence-corrected chi connectivity index (χ1v) is 7.15. The van der Waals surface area contributed by atoms with Gasteiger partial charge in [0, 0.05) is 13.1 Å². The summed E-state index contributed by atoms with van der Waals surface area (Å²) in [5.74, 6) is 0.472. The van der Waals surface area contributed by atoms with Crippen molar-refractivity contribution < 1.29 is 9.32 Å². The van der Waals surface area contributed by atoms with Crippen molar-refractivity contribution in [1.82, 2.24) is 19.6 Å². The number of aromatic nitrogens is 3. The largest absolute Gasteiger partial charge is 0.341 e. The molecule has 3 rings (SSSR count). The van der Waals surface area contributed by atoms with Crippen LogP contribution in [0.5, 0.6) is 0 Å². The lowest BCUT2D eigenvalue weighted by atomic mass is 10.0. The fourth-order valence-electron chi connectivity index (χ4n) is 2.78. The summed E-state index contributed by atoms with van der Waals surface area (Å²) in [4.78, 5) is 30.5. The number of carbonyl (C=O) groups is 1. The quantitative estimate of drug-likeness (QED) is 0.822. The first-order chi connectivity index (χ1) is 10.1. The van der Waals surface area contributed by atoms with Crippen LogP contribution < -0.4 is 5.56 Å². The molecule has 1 aliphatic rings. The van der Waals surface area contributed by atoms with Crippen molar-refractivity contribution in [3.63, 3.8) is 0 Å². The van der Waals surface area contributed by atoms with Crippen LogP contribution in [0.25, 0.3) is 11.1 Å². The summed E-state index contributed by atoms with van der Waals surface area (Å²) in [7, 11) is 0. The highest BCUT2D eigenvalue weighted by Crippen LogP contribution is 2.16. The monoisotopic (exact) mass is 290 g/mol. The molecule has 1 amide bonds. The number of nitrogens with zero attached hydrogens (tertiary/aromatic N) is 4. The van der Waals surface area contributed by atoms with Gasteiger partial charge in [-0.2, -0.15) is 0 Å². The number of rotatable bonds is 2. The normalized spacial score (nSPS) is 19.1. The van der Waals surface area contributed by atoms with Crippen LogP contribution in [-0.4, -0.2) is 38.6 Å². The van der Waals surface area contributed by atoms with Crippen molar-refractivity contribution in [1.29, 1.82) is 0 Å². The summed E-state index contributed by atoms with van der Waals surface area (Å²) in [6.45, 7) is 5.36. The molecule has 1 aliphatic heterocycles. The molecule has 0 bridgehead atoms. The van der Waals surface area contributed by atoms with E-state index in [-0.39, 0.29) is 23.7 Å². The predicted molar refractivity (Wildman–Crippen MR) is 75.8 cm³/mol. The van der Waals surface area contributed by atoms with Gasteiger partial charge in [0.05, 0.1) is 5.69 Å². The van der Waals surface area contributed by atoms with Crippen LogP contribution in [0.4, 0.5) is 0 Å². The Morgan fingerprint density at radius 3 is 3.10 bits per heavy atom. The van der Waals surface area contributed by atoms with Crippen molar-refractivity contribution in [2.45, 2.75) is 33.2 Å². The van der Waals surface area contributed by atoms with Gasteiger partial charge in [0.1, 0.15) is 18.3 Å². The van der Waals surface area contributed by atoms with E-state index in [4.69, 9.17) is 4.52 Å². The molecule has 0 aliphatic carbocycles. The summed E-state index contributed by atoms with van der Waals surface area (Å²) in [6, 6.07) is 0. The molecule has 0 N–H and O–H groups in total. The average molecular weight is 290 g/mol. The highest BCUT2D eigenvalue weighted by Gasteiger charge is 2.22. The fraction of sp³-hybridized carbons (Fsp3) is 0.571. The number of piperidine rings is 1. The molecule has 7 nitrogen and oxygen atoms in total. The maximum Gasteiger partial charge on any atom is 0.267 e. The Kier molecular flexibility index (Phi) is 3.48. The van der Waals surface area contributed by atoms with E-state index in [9.17, 15) is 9.59 Å². The molecule has 2 aromatic heterocycles. The molecule has 3 heterocycles. The Morgan fingerprint density at radius 2 is 2.33 bits per heavy atom. The van der Waals surface area contributed by atoms with Crippen molar-refractivity contribution in [3.05, 3.63) is 22.4 Å². The van der Waals surface area contributed by atoms with Crippen LogP contribution in [0.2, 0.25) is 0 Å². The number of aryl methyl sites for hydroxylation is 1. The van der Waals surface area contributed by atoms with Gasteiger partial charge in [0.25, 0.3) is 11.3 Å². The second kappa shape index (κ2) is 5.31. The molecule has 21 heavy (non-hydrogen) atoms. The fourth-order valence-corrected chi connectivity index (χ4v) is 2.78. The van der Waals surface area contributed by atoms with E-state index in [0.29, 0.717) is 17.0 Å². The molecule has 0 aromatic carbocycles. The van der Waals surface area contributed by atoms with Gasteiger partial charge in [0.2, 0.25) is 5.91 Å². The third kappa shape index (κ3) is 2.55. The summed E-state index contributed by atoms with van der Waals surface area (Å²) in [5.41, 5.74) is 0.431. The van der Waals surface area contributed by atoms with Crippen molar-refractivity contribution in [2.24, 2.45) is 5.92 Å². The molecule has 2 aromatic rings. The maximum absolute atomic E-state index is 12.3. The second-order valence-corrected chi connectivity index (χ2v) is 5.71. The average Bonchev–Trinajstić information content (AvgIpc) is 2.84. The lowest BCUT2D eigenvalue weighted by Crippen LogP contribution is -2.42. The molecule has 1 atom stereocenters. The van der Waals surface area contributed by atoms with Crippen LogP contribution in [-0.2, 0) is 11.3 Å². The Morgan fingerprint density at radius 1 is 1.52 bits per heavy atom. The Hall–Kier alpha value is -2.18. The van der Waals surface area contributed by atoms with Crippen molar-refractivity contribution in [3.8, 4) is 0 Å². The third-order valence-corrected chi connectivity index (χ3v) is 3.95. The van der Waals surface area contributed by atoms with Gasteiger partial charge in [-0.25, -0.2) is 4.98 Å². The van der Waals surface area contributed by atoms with Gasteiger partial charge < -0.3 is 9.42 Å². The molecule has 0 saturated carbocycles. The van der Waals surface area contributed by atoms with E-state index in [1.807, 2.05) is 4.90 Å². The predicted octanol–water partition coefficient (Wildman–Crippen LogP) is 0.951.